The smallest absolute Gasteiger partial charge is 0.316 e. The van der Waals surface area contributed by atoms with Crippen LogP contribution in [-0.2, 0) is 0 Å². The SMILES string of the molecule is COc1ncc2[nH]cc(C3CCNCCN3C)c2n1. The lowest BCUT2D eigenvalue weighted by Gasteiger charge is -2.24. The Labute approximate surface area is 112 Å². The zero-order valence-electron chi connectivity index (χ0n) is 11.3. The fraction of sp³-hybridized carbons (Fsp3) is 0.538. The Kier molecular flexibility index (Phi) is 3.35. The molecule has 0 amide bonds. The molecule has 0 radical (unpaired) electrons. The molecule has 1 aliphatic rings. The molecule has 3 heterocycles. The molecule has 102 valence electrons. The summed E-state index contributed by atoms with van der Waals surface area (Å²) in [5.41, 5.74) is 3.15. The van der Waals surface area contributed by atoms with Gasteiger partial charge in [-0.3, -0.25) is 4.90 Å². The predicted octanol–water partition coefficient (Wildman–Crippen LogP) is 0.933. The highest BCUT2D eigenvalue weighted by atomic mass is 16.5. The van der Waals surface area contributed by atoms with E-state index in [-0.39, 0.29) is 0 Å². The van der Waals surface area contributed by atoms with E-state index in [1.54, 1.807) is 13.3 Å². The molecule has 19 heavy (non-hydrogen) atoms. The standard InChI is InChI=1S/C13H19N5O/c1-18-6-5-14-4-3-11(18)9-7-15-10-8-16-13(19-2)17-12(9)10/h7-8,11,14-15H,3-6H2,1-2H3. The number of H-pyrrole nitrogens is 1. The molecule has 2 aromatic rings. The van der Waals surface area contributed by atoms with E-state index in [1.807, 2.05) is 6.20 Å². The van der Waals surface area contributed by atoms with Gasteiger partial charge in [0.1, 0.15) is 0 Å². The largest absolute Gasteiger partial charge is 0.467 e. The molecule has 3 rings (SSSR count). The highest BCUT2D eigenvalue weighted by Gasteiger charge is 2.23. The summed E-state index contributed by atoms with van der Waals surface area (Å²) >= 11 is 0. The van der Waals surface area contributed by atoms with Crippen LogP contribution in [0.1, 0.15) is 18.0 Å². The van der Waals surface area contributed by atoms with Gasteiger partial charge in [-0.2, -0.15) is 4.98 Å². The fourth-order valence-electron chi connectivity index (χ4n) is 2.66. The number of rotatable bonds is 2. The van der Waals surface area contributed by atoms with Gasteiger partial charge >= 0.3 is 6.01 Å². The van der Waals surface area contributed by atoms with E-state index in [9.17, 15) is 0 Å². The topological polar surface area (TPSA) is 66.1 Å². The van der Waals surface area contributed by atoms with Gasteiger partial charge in [0.25, 0.3) is 0 Å². The second-order valence-corrected chi connectivity index (χ2v) is 4.90. The van der Waals surface area contributed by atoms with Crippen LogP contribution in [0.2, 0.25) is 0 Å². The van der Waals surface area contributed by atoms with Gasteiger partial charge < -0.3 is 15.0 Å². The summed E-state index contributed by atoms with van der Waals surface area (Å²) in [6.07, 6.45) is 4.90. The molecular weight excluding hydrogens is 242 g/mol. The first-order chi connectivity index (χ1) is 9.29. The van der Waals surface area contributed by atoms with Crippen molar-refractivity contribution in [3.63, 3.8) is 0 Å². The number of hydrogen-bond acceptors (Lipinski definition) is 5. The van der Waals surface area contributed by atoms with Gasteiger partial charge in [-0.1, -0.05) is 0 Å². The lowest BCUT2D eigenvalue weighted by molar-refractivity contribution is 0.259. The molecule has 2 N–H and O–H groups in total. The zero-order chi connectivity index (χ0) is 13.2. The predicted molar refractivity (Wildman–Crippen MR) is 73.3 cm³/mol. The van der Waals surface area contributed by atoms with Crippen molar-refractivity contribution in [1.29, 1.82) is 0 Å². The Morgan fingerprint density at radius 2 is 2.32 bits per heavy atom. The van der Waals surface area contributed by atoms with E-state index < -0.39 is 0 Å². The Hall–Kier alpha value is -1.66. The zero-order valence-corrected chi connectivity index (χ0v) is 11.3. The van der Waals surface area contributed by atoms with Gasteiger partial charge in [-0.05, 0) is 20.0 Å². The lowest BCUT2D eigenvalue weighted by atomic mass is 10.1. The number of methoxy groups -OCH3 is 1. The molecule has 1 atom stereocenters. The van der Waals surface area contributed by atoms with E-state index in [4.69, 9.17) is 4.74 Å². The summed E-state index contributed by atoms with van der Waals surface area (Å²) in [6.45, 7) is 3.11. The summed E-state index contributed by atoms with van der Waals surface area (Å²) in [7, 11) is 3.75. The Morgan fingerprint density at radius 3 is 3.16 bits per heavy atom. The first-order valence-corrected chi connectivity index (χ1v) is 6.58. The molecular formula is C13H19N5O. The van der Waals surface area contributed by atoms with Crippen molar-refractivity contribution in [3.8, 4) is 6.01 Å². The number of likely N-dealkylation sites (N-methyl/N-ethyl adjacent to an activating group) is 1. The number of ether oxygens (including phenoxy) is 1. The van der Waals surface area contributed by atoms with Crippen molar-refractivity contribution < 1.29 is 4.74 Å². The minimum absolute atomic E-state index is 0.378. The molecule has 1 saturated heterocycles. The maximum Gasteiger partial charge on any atom is 0.316 e. The van der Waals surface area contributed by atoms with Crippen molar-refractivity contribution in [1.82, 2.24) is 25.2 Å². The molecule has 1 aliphatic heterocycles. The Balaban J connectivity index is 2.03. The summed E-state index contributed by atoms with van der Waals surface area (Å²) in [5.74, 6) is 0. The second kappa shape index (κ2) is 5.14. The average molecular weight is 261 g/mol. The summed E-state index contributed by atoms with van der Waals surface area (Å²) in [5, 5.41) is 3.43. The van der Waals surface area contributed by atoms with Crippen molar-refractivity contribution in [2.24, 2.45) is 0 Å². The number of aromatic nitrogens is 3. The van der Waals surface area contributed by atoms with Crippen LogP contribution < -0.4 is 10.1 Å². The van der Waals surface area contributed by atoms with Gasteiger partial charge in [0.05, 0.1) is 24.3 Å². The lowest BCUT2D eigenvalue weighted by Crippen LogP contribution is -2.26. The molecule has 1 fully saturated rings. The molecule has 0 aromatic carbocycles. The number of nitrogens with zero attached hydrogens (tertiary/aromatic N) is 3. The number of hydrogen-bond donors (Lipinski definition) is 2. The molecule has 6 nitrogen and oxygen atoms in total. The second-order valence-electron chi connectivity index (χ2n) is 4.90. The van der Waals surface area contributed by atoms with E-state index in [1.165, 1.54) is 5.56 Å². The number of nitrogens with one attached hydrogen (secondary N) is 2. The van der Waals surface area contributed by atoms with Crippen LogP contribution in [0.15, 0.2) is 12.4 Å². The number of fused-ring (bicyclic) bond motifs is 1. The molecule has 1 unspecified atom stereocenters. The molecule has 0 aliphatic carbocycles. The maximum atomic E-state index is 5.12. The first-order valence-electron chi connectivity index (χ1n) is 6.58. The van der Waals surface area contributed by atoms with E-state index in [0.717, 1.165) is 37.1 Å². The third-order valence-corrected chi connectivity index (χ3v) is 3.73. The van der Waals surface area contributed by atoms with Gasteiger partial charge in [0, 0.05) is 30.9 Å². The van der Waals surface area contributed by atoms with Crippen LogP contribution in [0.3, 0.4) is 0 Å². The summed E-state index contributed by atoms with van der Waals surface area (Å²) < 4.78 is 5.12. The molecule has 0 spiro atoms. The molecule has 0 bridgehead atoms. The third kappa shape index (κ3) is 2.29. The van der Waals surface area contributed by atoms with Crippen LogP contribution in [0, 0.1) is 0 Å². The molecule has 2 aromatic heterocycles. The van der Waals surface area contributed by atoms with Crippen LogP contribution in [-0.4, -0.2) is 53.6 Å². The van der Waals surface area contributed by atoms with Gasteiger partial charge in [0.15, 0.2) is 0 Å². The Bertz CT molecular complexity index is 567. The normalized spacial score (nSPS) is 21.5. The van der Waals surface area contributed by atoms with Crippen LogP contribution >= 0.6 is 0 Å². The van der Waals surface area contributed by atoms with Crippen molar-refractivity contribution in [2.75, 3.05) is 33.8 Å². The van der Waals surface area contributed by atoms with Gasteiger partial charge in [0.2, 0.25) is 0 Å². The van der Waals surface area contributed by atoms with Crippen molar-refractivity contribution >= 4 is 11.0 Å². The van der Waals surface area contributed by atoms with Crippen molar-refractivity contribution in [3.05, 3.63) is 18.0 Å². The molecule has 0 saturated carbocycles. The fourth-order valence-corrected chi connectivity index (χ4v) is 2.66. The van der Waals surface area contributed by atoms with E-state index >= 15 is 0 Å². The van der Waals surface area contributed by atoms with Crippen LogP contribution in [0.5, 0.6) is 6.01 Å². The summed E-state index contributed by atoms with van der Waals surface area (Å²) in [4.78, 5) is 14.2. The highest BCUT2D eigenvalue weighted by molar-refractivity contribution is 5.78. The maximum absolute atomic E-state index is 5.12. The first kappa shape index (κ1) is 12.4. The average Bonchev–Trinajstić information content (AvgIpc) is 2.73. The molecule has 6 heteroatoms. The third-order valence-electron chi connectivity index (χ3n) is 3.73. The summed E-state index contributed by atoms with van der Waals surface area (Å²) in [6, 6.07) is 0.797. The number of aromatic amines is 1. The van der Waals surface area contributed by atoms with Crippen molar-refractivity contribution in [2.45, 2.75) is 12.5 Å². The van der Waals surface area contributed by atoms with Crippen LogP contribution in [0.25, 0.3) is 11.0 Å². The monoisotopic (exact) mass is 261 g/mol. The minimum atomic E-state index is 0.378. The van der Waals surface area contributed by atoms with E-state index in [0.29, 0.717) is 12.1 Å². The van der Waals surface area contributed by atoms with Gasteiger partial charge in [-0.15, -0.1) is 0 Å². The quantitative estimate of drug-likeness (QED) is 0.842. The van der Waals surface area contributed by atoms with E-state index in [2.05, 4.69) is 32.2 Å². The highest BCUT2D eigenvalue weighted by Crippen LogP contribution is 2.29. The van der Waals surface area contributed by atoms with Gasteiger partial charge in [-0.25, -0.2) is 4.98 Å². The Morgan fingerprint density at radius 1 is 1.42 bits per heavy atom. The minimum Gasteiger partial charge on any atom is -0.467 e. The van der Waals surface area contributed by atoms with Crippen LogP contribution in [0.4, 0.5) is 0 Å².